The van der Waals surface area contributed by atoms with Gasteiger partial charge in [-0.15, -0.1) is 0 Å². The average molecular weight is 362 g/mol. The molecule has 0 bridgehead atoms. The monoisotopic (exact) mass is 362 g/mol. The molecule has 0 radical (unpaired) electrons. The van der Waals surface area contributed by atoms with Crippen LogP contribution in [-0.4, -0.2) is 40.8 Å². The van der Waals surface area contributed by atoms with Crippen LogP contribution < -0.4 is 13.9 Å². The van der Waals surface area contributed by atoms with Gasteiger partial charge in [0.1, 0.15) is 5.75 Å². The van der Waals surface area contributed by atoms with E-state index in [1.807, 2.05) is 30.3 Å². The molecule has 1 amide bonds. The molecule has 2 aromatic rings. The quantitative estimate of drug-likeness (QED) is 0.792. The molecule has 25 heavy (non-hydrogen) atoms. The van der Waals surface area contributed by atoms with Crippen LogP contribution in [-0.2, 0) is 14.8 Å². The molecule has 0 saturated heterocycles. The van der Waals surface area contributed by atoms with Crippen molar-refractivity contribution >= 4 is 27.3 Å². The Kier molecular flexibility index (Phi) is 5.69. The number of sulfonamides is 1. The van der Waals surface area contributed by atoms with E-state index in [0.29, 0.717) is 11.4 Å². The van der Waals surface area contributed by atoms with Crippen LogP contribution in [0.4, 0.5) is 11.4 Å². The Hall–Kier alpha value is -2.54. The van der Waals surface area contributed by atoms with Crippen LogP contribution in [0.5, 0.6) is 5.75 Å². The van der Waals surface area contributed by atoms with Crippen LogP contribution in [0.1, 0.15) is 6.92 Å². The molecule has 0 fully saturated rings. The second-order valence-electron chi connectivity index (χ2n) is 5.72. The minimum atomic E-state index is -3.32. The van der Waals surface area contributed by atoms with E-state index in [9.17, 15) is 13.2 Å². The molecule has 2 aromatic carbocycles. The van der Waals surface area contributed by atoms with Gasteiger partial charge in [0.2, 0.25) is 10.0 Å². The highest BCUT2D eigenvalue weighted by Crippen LogP contribution is 2.22. The van der Waals surface area contributed by atoms with E-state index < -0.39 is 16.1 Å². The summed E-state index contributed by atoms with van der Waals surface area (Å²) in [5.41, 5.74) is 1.31. The Bertz CT molecular complexity index is 820. The van der Waals surface area contributed by atoms with Gasteiger partial charge < -0.3 is 9.64 Å². The van der Waals surface area contributed by atoms with E-state index in [0.717, 1.165) is 11.9 Å². The second-order valence-corrected chi connectivity index (χ2v) is 7.73. The van der Waals surface area contributed by atoms with Crippen LogP contribution >= 0.6 is 0 Å². The predicted octanol–water partition coefficient (Wildman–Crippen LogP) is 2.51. The third-order valence-electron chi connectivity index (χ3n) is 3.83. The van der Waals surface area contributed by atoms with Gasteiger partial charge in [0.05, 0.1) is 11.9 Å². The molecule has 0 spiro atoms. The number of carbonyl (C=O) groups is 1. The molecule has 0 unspecified atom stereocenters. The molecule has 0 saturated carbocycles. The number of benzene rings is 2. The molecule has 2 rings (SSSR count). The first-order chi connectivity index (χ1) is 11.7. The minimum absolute atomic E-state index is 0.177. The number of anilines is 2. The van der Waals surface area contributed by atoms with Gasteiger partial charge in [0.25, 0.3) is 5.91 Å². The van der Waals surface area contributed by atoms with Crippen molar-refractivity contribution in [3.05, 3.63) is 54.6 Å². The first-order valence-corrected chi connectivity index (χ1v) is 9.58. The Morgan fingerprint density at radius 3 is 2.04 bits per heavy atom. The van der Waals surface area contributed by atoms with E-state index >= 15 is 0 Å². The van der Waals surface area contributed by atoms with Crippen molar-refractivity contribution in [2.75, 3.05) is 29.6 Å². The Morgan fingerprint density at radius 1 is 0.960 bits per heavy atom. The van der Waals surface area contributed by atoms with E-state index in [1.54, 1.807) is 38.2 Å². The molecule has 0 aromatic heterocycles. The van der Waals surface area contributed by atoms with Gasteiger partial charge in [0, 0.05) is 19.8 Å². The number of nitrogens with zero attached hydrogens (tertiary/aromatic N) is 2. The number of amides is 1. The highest BCUT2D eigenvalue weighted by molar-refractivity contribution is 7.92. The Labute approximate surface area is 148 Å². The van der Waals surface area contributed by atoms with E-state index in [2.05, 4.69) is 0 Å². The summed E-state index contributed by atoms with van der Waals surface area (Å²) in [7, 11) is -0.141. The van der Waals surface area contributed by atoms with Gasteiger partial charge in [0.15, 0.2) is 6.10 Å². The van der Waals surface area contributed by atoms with Crippen molar-refractivity contribution in [3.8, 4) is 5.75 Å². The zero-order valence-corrected chi connectivity index (χ0v) is 15.5. The highest BCUT2D eigenvalue weighted by atomic mass is 32.2. The molecule has 0 N–H and O–H groups in total. The first kappa shape index (κ1) is 18.8. The van der Waals surface area contributed by atoms with Crippen molar-refractivity contribution in [3.63, 3.8) is 0 Å². The van der Waals surface area contributed by atoms with Gasteiger partial charge in [-0.2, -0.15) is 0 Å². The summed E-state index contributed by atoms with van der Waals surface area (Å²) < 4.78 is 29.9. The summed E-state index contributed by atoms with van der Waals surface area (Å²) >= 11 is 0. The maximum atomic E-state index is 12.5. The SMILES string of the molecule is C[C@@H](Oc1ccc(N(C)S(C)(=O)=O)cc1)C(=O)N(C)c1ccccc1. The Balaban J connectivity index is 2.05. The van der Waals surface area contributed by atoms with Gasteiger partial charge >= 0.3 is 0 Å². The maximum absolute atomic E-state index is 12.5. The minimum Gasteiger partial charge on any atom is -0.481 e. The van der Waals surface area contributed by atoms with E-state index in [4.69, 9.17) is 4.74 Å². The normalized spacial score (nSPS) is 12.3. The molecule has 7 heteroatoms. The van der Waals surface area contributed by atoms with Crippen molar-refractivity contribution in [1.29, 1.82) is 0 Å². The number of carbonyl (C=O) groups excluding carboxylic acids is 1. The fourth-order valence-corrected chi connectivity index (χ4v) is 2.74. The number of para-hydroxylation sites is 1. The van der Waals surface area contributed by atoms with Gasteiger partial charge in [-0.1, -0.05) is 18.2 Å². The number of hydrogen-bond acceptors (Lipinski definition) is 4. The number of ether oxygens (including phenoxy) is 1. The molecular formula is C18H22N2O4S. The van der Waals surface area contributed by atoms with Crippen LogP contribution in [0.15, 0.2) is 54.6 Å². The molecule has 6 nitrogen and oxygen atoms in total. The zero-order valence-electron chi connectivity index (χ0n) is 14.7. The van der Waals surface area contributed by atoms with Crippen LogP contribution in [0.2, 0.25) is 0 Å². The average Bonchev–Trinajstić information content (AvgIpc) is 2.60. The summed E-state index contributed by atoms with van der Waals surface area (Å²) in [5.74, 6) is 0.316. The molecule has 1 atom stereocenters. The summed E-state index contributed by atoms with van der Waals surface area (Å²) in [6, 6.07) is 15.9. The third kappa shape index (κ3) is 4.73. The van der Waals surface area contributed by atoms with Gasteiger partial charge in [-0.25, -0.2) is 8.42 Å². The topological polar surface area (TPSA) is 66.9 Å². The zero-order chi connectivity index (χ0) is 18.6. The lowest BCUT2D eigenvalue weighted by Gasteiger charge is -2.22. The molecular weight excluding hydrogens is 340 g/mol. The van der Waals surface area contributed by atoms with Crippen molar-refractivity contribution in [1.82, 2.24) is 0 Å². The predicted molar refractivity (Wildman–Crippen MR) is 99.6 cm³/mol. The number of rotatable bonds is 6. The first-order valence-electron chi connectivity index (χ1n) is 7.73. The smallest absolute Gasteiger partial charge is 0.267 e. The van der Waals surface area contributed by atoms with Crippen LogP contribution in [0.3, 0.4) is 0 Å². The molecule has 0 aliphatic carbocycles. The Morgan fingerprint density at radius 2 is 1.52 bits per heavy atom. The largest absolute Gasteiger partial charge is 0.481 e. The summed E-state index contributed by atoms with van der Waals surface area (Å²) in [5, 5.41) is 0. The van der Waals surface area contributed by atoms with Crippen LogP contribution in [0, 0.1) is 0 Å². The second kappa shape index (κ2) is 7.57. The van der Waals surface area contributed by atoms with Crippen molar-refractivity contribution in [2.45, 2.75) is 13.0 Å². The third-order valence-corrected chi connectivity index (χ3v) is 5.04. The van der Waals surface area contributed by atoms with E-state index in [1.165, 1.54) is 16.3 Å². The molecule has 134 valence electrons. The van der Waals surface area contributed by atoms with Crippen LogP contribution in [0.25, 0.3) is 0 Å². The lowest BCUT2D eigenvalue weighted by atomic mass is 10.2. The standard InChI is InChI=1S/C18H22N2O4S/c1-14(18(21)19(2)15-8-6-5-7-9-15)24-17-12-10-16(11-13-17)20(3)25(4,22)23/h5-14H,1-4H3/t14-/m1/s1. The van der Waals surface area contributed by atoms with Crippen molar-refractivity contribution in [2.24, 2.45) is 0 Å². The summed E-state index contributed by atoms with van der Waals surface area (Å²) in [6.45, 7) is 1.68. The van der Waals surface area contributed by atoms with E-state index in [-0.39, 0.29) is 5.91 Å². The number of likely N-dealkylation sites (N-methyl/N-ethyl adjacent to an activating group) is 1. The fraction of sp³-hybridized carbons (Fsp3) is 0.278. The van der Waals surface area contributed by atoms with Gasteiger partial charge in [-0.05, 0) is 43.3 Å². The highest BCUT2D eigenvalue weighted by Gasteiger charge is 2.20. The summed E-state index contributed by atoms with van der Waals surface area (Å²) in [6.07, 6.45) is 0.459. The molecule has 0 aliphatic rings. The van der Waals surface area contributed by atoms with Gasteiger partial charge in [-0.3, -0.25) is 9.10 Å². The number of hydrogen-bond donors (Lipinski definition) is 0. The fourth-order valence-electron chi connectivity index (χ4n) is 2.23. The summed E-state index contributed by atoms with van der Waals surface area (Å²) in [4.78, 5) is 14.0. The lowest BCUT2D eigenvalue weighted by molar-refractivity contribution is -0.124. The molecule has 0 heterocycles. The maximum Gasteiger partial charge on any atom is 0.267 e. The lowest BCUT2D eigenvalue weighted by Crippen LogP contribution is -2.38. The molecule has 0 aliphatic heterocycles. The van der Waals surface area contributed by atoms with Crippen molar-refractivity contribution < 1.29 is 17.9 Å².